The van der Waals surface area contributed by atoms with E-state index in [0.717, 1.165) is 0 Å². The number of amides is 1. The maximum Gasteiger partial charge on any atom is 0.257 e. The summed E-state index contributed by atoms with van der Waals surface area (Å²) in [5.41, 5.74) is -0.176. The lowest BCUT2D eigenvalue weighted by Gasteiger charge is -2.25. The van der Waals surface area contributed by atoms with Gasteiger partial charge in [-0.2, -0.15) is 0 Å². The zero-order valence-corrected chi connectivity index (χ0v) is 12.9. The fraction of sp³-hybridized carbons (Fsp3) is 0.533. The number of carbonyl (C=O) groups excluding carboxylic acids is 1. The van der Waals surface area contributed by atoms with Crippen LogP contribution in [0, 0.1) is 5.41 Å². The summed E-state index contributed by atoms with van der Waals surface area (Å²) in [6, 6.07) is 6.82. The highest BCUT2D eigenvalue weighted by molar-refractivity contribution is 6.30. The van der Waals surface area contributed by atoms with Crippen molar-refractivity contribution in [1.29, 1.82) is 0 Å². The first kappa shape index (κ1) is 16.8. The molecule has 1 amide bonds. The Morgan fingerprint density at radius 3 is 2.50 bits per heavy atom. The van der Waals surface area contributed by atoms with Crippen LogP contribution in [0.3, 0.4) is 0 Å². The molecule has 5 heteroatoms. The Balaban J connectivity index is 2.22. The average Bonchev–Trinajstić information content (AvgIpc) is 2.37. The van der Waals surface area contributed by atoms with Crippen molar-refractivity contribution in [3.63, 3.8) is 0 Å². The molecule has 0 aliphatic rings. The zero-order valence-electron chi connectivity index (χ0n) is 12.1. The number of hydrogen-bond acceptors (Lipinski definition) is 3. The monoisotopic (exact) mass is 299 g/mol. The van der Waals surface area contributed by atoms with E-state index in [2.05, 4.69) is 5.32 Å². The predicted octanol–water partition coefficient (Wildman–Crippen LogP) is 2.63. The van der Waals surface area contributed by atoms with Gasteiger partial charge in [0.2, 0.25) is 0 Å². The highest BCUT2D eigenvalue weighted by atomic mass is 35.5. The molecule has 4 nitrogen and oxygen atoms in total. The predicted molar refractivity (Wildman–Crippen MR) is 80.0 cm³/mol. The number of benzene rings is 1. The lowest BCUT2D eigenvalue weighted by molar-refractivity contribution is -0.123. The molecule has 0 aliphatic heterocycles. The fourth-order valence-corrected chi connectivity index (χ4v) is 1.64. The Kier molecular flexibility index (Phi) is 6.30. The third-order valence-electron chi connectivity index (χ3n) is 2.92. The molecule has 1 unspecified atom stereocenters. The van der Waals surface area contributed by atoms with Gasteiger partial charge in [-0.05, 0) is 36.1 Å². The Labute approximate surface area is 125 Å². The first-order chi connectivity index (χ1) is 9.29. The molecule has 0 fully saturated rings. The number of hydrogen-bond donors (Lipinski definition) is 2. The molecule has 0 heterocycles. The van der Waals surface area contributed by atoms with Crippen LogP contribution in [0.1, 0.15) is 27.2 Å². The van der Waals surface area contributed by atoms with Crippen LogP contribution in [0.15, 0.2) is 24.3 Å². The molecule has 0 spiro atoms. The second-order valence-corrected chi connectivity index (χ2v) is 6.20. The maximum absolute atomic E-state index is 11.6. The van der Waals surface area contributed by atoms with Gasteiger partial charge in [-0.15, -0.1) is 0 Å². The molecular weight excluding hydrogens is 278 g/mol. The van der Waals surface area contributed by atoms with Gasteiger partial charge in [0.05, 0.1) is 6.10 Å². The molecular formula is C15H22ClNO3. The van der Waals surface area contributed by atoms with Crippen LogP contribution >= 0.6 is 11.6 Å². The van der Waals surface area contributed by atoms with Crippen molar-refractivity contribution >= 4 is 17.5 Å². The van der Waals surface area contributed by atoms with Crippen LogP contribution in [0.5, 0.6) is 5.75 Å². The maximum atomic E-state index is 11.6. The van der Waals surface area contributed by atoms with Gasteiger partial charge in [-0.3, -0.25) is 4.79 Å². The van der Waals surface area contributed by atoms with E-state index in [1.54, 1.807) is 24.3 Å². The minimum Gasteiger partial charge on any atom is -0.484 e. The number of ether oxygens (including phenoxy) is 1. The van der Waals surface area contributed by atoms with Crippen LogP contribution in [0.2, 0.25) is 5.02 Å². The number of aliphatic hydroxyl groups excluding tert-OH is 1. The highest BCUT2D eigenvalue weighted by Gasteiger charge is 2.21. The van der Waals surface area contributed by atoms with Crippen molar-refractivity contribution in [2.75, 3.05) is 13.2 Å². The molecule has 112 valence electrons. The summed E-state index contributed by atoms with van der Waals surface area (Å²) in [4.78, 5) is 11.6. The van der Waals surface area contributed by atoms with Crippen LogP contribution in [-0.4, -0.2) is 30.3 Å². The first-order valence-corrected chi connectivity index (χ1v) is 7.00. The molecule has 20 heavy (non-hydrogen) atoms. The Bertz CT molecular complexity index is 426. The first-order valence-electron chi connectivity index (χ1n) is 6.62. The quantitative estimate of drug-likeness (QED) is 0.849. The molecule has 1 atom stereocenters. The lowest BCUT2D eigenvalue weighted by Crippen LogP contribution is -2.34. The summed E-state index contributed by atoms with van der Waals surface area (Å²) in [7, 11) is 0. The van der Waals surface area contributed by atoms with Crippen LogP contribution in [-0.2, 0) is 4.79 Å². The fourth-order valence-electron chi connectivity index (χ4n) is 1.51. The van der Waals surface area contributed by atoms with Gasteiger partial charge < -0.3 is 15.2 Å². The van der Waals surface area contributed by atoms with E-state index in [9.17, 15) is 9.90 Å². The number of aliphatic hydroxyl groups is 1. The summed E-state index contributed by atoms with van der Waals surface area (Å²) in [6.45, 7) is 6.27. The summed E-state index contributed by atoms with van der Waals surface area (Å²) in [5.74, 6) is 0.389. The molecule has 0 radical (unpaired) electrons. The van der Waals surface area contributed by atoms with Gasteiger partial charge in [0, 0.05) is 11.6 Å². The van der Waals surface area contributed by atoms with Crippen LogP contribution in [0.4, 0.5) is 0 Å². The van der Waals surface area contributed by atoms with Crippen molar-refractivity contribution in [2.24, 2.45) is 5.41 Å². The SMILES string of the molecule is CC(C)(C)C(O)CCNC(=O)COc1ccc(Cl)cc1. The van der Waals surface area contributed by atoms with Crippen molar-refractivity contribution in [3.05, 3.63) is 29.3 Å². The topological polar surface area (TPSA) is 58.6 Å². The Morgan fingerprint density at radius 1 is 1.35 bits per heavy atom. The number of carbonyl (C=O) groups is 1. The normalized spacial score (nSPS) is 12.8. The van der Waals surface area contributed by atoms with Gasteiger partial charge in [0.15, 0.2) is 6.61 Å². The van der Waals surface area contributed by atoms with E-state index in [1.807, 2.05) is 20.8 Å². The van der Waals surface area contributed by atoms with Gasteiger partial charge >= 0.3 is 0 Å². The van der Waals surface area contributed by atoms with Gasteiger partial charge in [-0.1, -0.05) is 32.4 Å². The third kappa shape index (κ3) is 6.26. The molecule has 0 saturated heterocycles. The van der Waals surface area contributed by atoms with E-state index in [1.165, 1.54) is 0 Å². The summed E-state index contributed by atoms with van der Waals surface area (Å²) < 4.78 is 5.31. The lowest BCUT2D eigenvalue weighted by atomic mass is 9.87. The van der Waals surface area contributed by atoms with Gasteiger partial charge in [0.25, 0.3) is 5.91 Å². The van der Waals surface area contributed by atoms with E-state index in [0.29, 0.717) is 23.7 Å². The Morgan fingerprint density at radius 2 is 1.95 bits per heavy atom. The number of halogens is 1. The zero-order chi connectivity index (χ0) is 15.2. The largest absolute Gasteiger partial charge is 0.484 e. The minimum absolute atomic E-state index is 0.0484. The summed E-state index contributed by atoms with van der Waals surface area (Å²) >= 11 is 5.75. The summed E-state index contributed by atoms with van der Waals surface area (Å²) in [5, 5.41) is 13.2. The molecule has 1 rings (SSSR count). The molecule has 0 aromatic heterocycles. The molecule has 1 aromatic carbocycles. The van der Waals surface area contributed by atoms with E-state index in [-0.39, 0.29) is 17.9 Å². The van der Waals surface area contributed by atoms with Crippen molar-refractivity contribution in [2.45, 2.75) is 33.3 Å². The standard InChI is InChI=1S/C15H22ClNO3/c1-15(2,3)13(18)8-9-17-14(19)10-20-12-6-4-11(16)5-7-12/h4-7,13,18H,8-10H2,1-3H3,(H,17,19). The molecule has 1 aromatic rings. The highest BCUT2D eigenvalue weighted by Crippen LogP contribution is 2.20. The second-order valence-electron chi connectivity index (χ2n) is 5.76. The van der Waals surface area contributed by atoms with E-state index in [4.69, 9.17) is 16.3 Å². The molecule has 0 saturated carbocycles. The number of nitrogens with one attached hydrogen (secondary N) is 1. The van der Waals surface area contributed by atoms with Crippen molar-refractivity contribution < 1.29 is 14.6 Å². The Hall–Kier alpha value is -1.26. The summed E-state index contributed by atoms with van der Waals surface area (Å²) in [6.07, 6.45) is 0.0795. The second kappa shape index (κ2) is 7.50. The molecule has 2 N–H and O–H groups in total. The molecule has 0 aliphatic carbocycles. The van der Waals surface area contributed by atoms with Gasteiger partial charge in [-0.25, -0.2) is 0 Å². The van der Waals surface area contributed by atoms with Crippen molar-refractivity contribution in [3.8, 4) is 5.75 Å². The van der Waals surface area contributed by atoms with Crippen LogP contribution in [0.25, 0.3) is 0 Å². The van der Waals surface area contributed by atoms with E-state index >= 15 is 0 Å². The van der Waals surface area contributed by atoms with E-state index < -0.39 is 6.10 Å². The third-order valence-corrected chi connectivity index (χ3v) is 3.18. The molecule has 0 bridgehead atoms. The smallest absolute Gasteiger partial charge is 0.257 e. The van der Waals surface area contributed by atoms with Crippen LogP contribution < -0.4 is 10.1 Å². The van der Waals surface area contributed by atoms with Gasteiger partial charge in [0.1, 0.15) is 5.75 Å². The minimum atomic E-state index is -0.444. The average molecular weight is 300 g/mol. The number of rotatable bonds is 6. The van der Waals surface area contributed by atoms with Crippen molar-refractivity contribution in [1.82, 2.24) is 5.32 Å².